The zero-order chi connectivity index (χ0) is 13.1. The molecule has 2 rings (SSSR count). The lowest BCUT2D eigenvalue weighted by atomic mass is 9.95. The fourth-order valence-electron chi connectivity index (χ4n) is 2.20. The van der Waals surface area contributed by atoms with Crippen LogP contribution in [0.15, 0.2) is 12.1 Å². The normalized spacial score (nSPS) is 16.6. The molecule has 5 heteroatoms. The van der Waals surface area contributed by atoms with Gasteiger partial charge in [0.25, 0.3) is 5.91 Å². The van der Waals surface area contributed by atoms with Crippen LogP contribution in [-0.4, -0.2) is 11.9 Å². The first-order valence-corrected chi connectivity index (χ1v) is 7.16. The summed E-state index contributed by atoms with van der Waals surface area (Å²) < 4.78 is 0. The smallest absolute Gasteiger partial charge is 0.251 e. The third-order valence-corrected chi connectivity index (χ3v) is 4.38. The summed E-state index contributed by atoms with van der Waals surface area (Å²) in [5.74, 6) is -0.137. The fourth-order valence-corrected chi connectivity index (χ4v) is 2.80. The maximum absolute atomic E-state index is 12.1. The van der Waals surface area contributed by atoms with Crippen LogP contribution in [0.5, 0.6) is 0 Å². The molecular formula is C13H14Cl3NO. The van der Waals surface area contributed by atoms with Crippen molar-refractivity contribution in [3.05, 3.63) is 32.8 Å². The van der Waals surface area contributed by atoms with Crippen molar-refractivity contribution in [3.63, 3.8) is 0 Å². The largest absolute Gasteiger partial charge is 0.349 e. The van der Waals surface area contributed by atoms with Crippen molar-refractivity contribution in [1.82, 2.24) is 5.32 Å². The fraction of sp³-hybridized carbons (Fsp3) is 0.462. The van der Waals surface area contributed by atoms with Crippen molar-refractivity contribution in [1.29, 1.82) is 0 Å². The molecule has 1 amide bonds. The van der Waals surface area contributed by atoms with Crippen LogP contribution in [-0.2, 0) is 0 Å². The summed E-state index contributed by atoms with van der Waals surface area (Å²) >= 11 is 17.7. The van der Waals surface area contributed by atoms with E-state index >= 15 is 0 Å². The van der Waals surface area contributed by atoms with Crippen LogP contribution in [0.3, 0.4) is 0 Å². The van der Waals surface area contributed by atoms with Gasteiger partial charge >= 0.3 is 0 Å². The zero-order valence-corrected chi connectivity index (χ0v) is 12.1. The first kappa shape index (κ1) is 14.0. The van der Waals surface area contributed by atoms with Crippen LogP contribution in [0.25, 0.3) is 0 Å². The Bertz CT molecular complexity index is 433. The van der Waals surface area contributed by atoms with Gasteiger partial charge in [-0.15, -0.1) is 0 Å². The second-order valence-corrected chi connectivity index (χ2v) is 5.75. The van der Waals surface area contributed by atoms with Crippen LogP contribution >= 0.6 is 34.8 Å². The molecule has 0 saturated heterocycles. The average molecular weight is 307 g/mol. The lowest BCUT2D eigenvalue weighted by Crippen LogP contribution is -2.36. The van der Waals surface area contributed by atoms with Crippen LogP contribution < -0.4 is 5.32 Å². The molecule has 0 heterocycles. The molecule has 2 nitrogen and oxygen atoms in total. The molecule has 98 valence electrons. The summed E-state index contributed by atoms with van der Waals surface area (Å²) in [4.78, 5) is 12.1. The van der Waals surface area contributed by atoms with Gasteiger partial charge in [0.1, 0.15) is 0 Å². The third-order valence-electron chi connectivity index (χ3n) is 3.19. The van der Waals surface area contributed by atoms with Crippen LogP contribution in [0, 0.1) is 0 Å². The van der Waals surface area contributed by atoms with Crippen molar-refractivity contribution in [3.8, 4) is 0 Å². The zero-order valence-electron chi connectivity index (χ0n) is 9.81. The minimum Gasteiger partial charge on any atom is -0.349 e. The highest BCUT2D eigenvalue weighted by Crippen LogP contribution is 2.31. The number of carbonyl (C=O) groups excluding carboxylic acids is 1. The van der Waals surface area contributed by atoms with Crippen LogP contribution in [0.2, 0.25) is 15.1 Å². The van der Waals surface area contributed by atoms with E-state index in [2.05, 4.69) is 5.32 Å². The SMILES string of the molecule is O=C(NC1CCCCC1)c1cc(Cl)c(Cl)c(Cl)c1. The summed E-state index contributed by atoms with van der Waals surface area (Å²) in [6, 6.07) is 3.36. The van der Waals surface area contributed by atoms with E-state index in [0.29, 0.717) is 15.6 Å². The van der Waals surface area contributed by atoms with Gasteiger partial charge in [-0.3, -0.25) is 4.79 Å². The third kappa shape index (κ3) is 3.31. The van der Waals surface area contributed by atoms with E-state index in [1.165, 1.54) is 19.3 Å². The minimum absolute atomic E-state index is 0.137. The molecule has 1 aliphatic rings. The Morgan fingerprint density at radius 1 is 1.06 bits per heavy atom. The highest BCUT2D eigenvalue weighted by atomic mass is 35.5. The van der Waals surface area contributed by atoms with Gasteiger partial charge in [-0.25, -0.2) is 0 Å². The van der Waals surface area contributed by atoms with Gasteiger partial charge in [-0.2, -0.15) is 0 Å². The van der Waals surface area contributed by atoms with Gasteiger partial charge in [0.15, 0.2) is 0 Å². The van der Waals surface area contributed by atoms with Gasteiger partial charge in [0.2, 0.25) is 0 Å². The van der Waals surface area contributed by atoms with Crippen molar-refractivity contribution < 1.29 is 4.79 Å². The van der Waals surface area contributed by atoms with E-state index in [9.17, 15) is 4.79 Å². The Balaban J connectivity index is 2.08. The number of amides is 1. The number of carbonyl (C=O) groups is 1. The predicted octanol–water partition coefficient (Wildman–Crippen LogP) is 4.71. The van der Waals surface area contributed by atoms with E-state index in [1.807, 2.05) is 0 Å². The predicted molar refractivity (Wildman–Crippen MR) is 75.8 cm³/mol. The Morgan fingerprint density at radius 3 is 2.17 bits per heavy atom. The quantitative estimate of drug-likeness (QED) is 0.788. The van der Waals surface area contributed by atoms with Crippen molar-refractivity contribution in [2.45, 2.75) is 38.1 Å². The van der Waals surface area contributed by atoms with E-state index in [0.717, 1.165) is 12.8 Å². The Morgan fingerprint density at radius 2 is 1.61 bits per heavy atom. The molecule has 0 aromatic heterocycles. The van der Waals surface area contributed by atoms with Crippen molar-refractivity contribution in [2.75, 3.05) is 0 Å². The highest BCUT2D eigenvalue weighted by molar-refractivity contribution is 6.48. The molecule has 1 aliphatic carbocycles. The molecule has 1 N–H and O–H groups in total. The number of benzene rings is 1. The number of hydrogen-bond acceptors (Lipinski definition) is 1. The van der Waals surface area contributed by atoms with Crippen LogP contribution in [0.4, 0.5) is 0 Å². The molecule has 0 atom stereocenters. The molecular weight excluding hydrogens is 293 g/mol. The van der Waals surface area contributed by atoms with Gasteiger partial charge in [0, 0.05) is 11.6 Å². The molecule has 0 spiro atoms. The molecule has 1 saturated carbocycles. The summed E-state index contributed by atoms with van der Waals surface area (Å²) in [6.45, 7) is 0. The van der Waals surface area contributed by atoms with E-state index in [4.69, 9.17) is 34.8 Å². The topological polar surface area (TPSA) is 29.1 Å². The number of hydrogen-bond donors (Lipinski definition) is 1. The standard InChI is InChI=1S/C13H14Cl3NO/c14-10-6-8(7-11(15)12(10)16)13(18)17-9-4-2-1-3-5-9/h6-7,9H,1-5H2,(H,17,18). The van der Waals surface area contributed by atoms with Gasteiger partial charge < -0.3 is 5.32 Å². The molecule has 18 heavy (non-hydrogen) atoms. The molecule has 0 bridgehead atoms. The van der Waals surface area contributed by atoms with E-state index < -0.39 is 0 Å². The van der Waals surface area contributed by atoms with Crippen LogP contribution in [0.1, 0.15) is 42.5 Å². The molecule has 1 aromatic carbocycles. The van der Waals surface area contributed by atoms with E-state index in [-0.39, 0.29) is 17.0 Å². The molecule has 0 unspecified atom stereocenters. The molecule has 0 radical (unpaired) electrons. The summed E-state index contributed by atoms with van der Waals surface area (Å²) in [5, 5.41) is 3.90. The monoisotopic (exact) mass is 305 g/mol. The lowest BCUT2D eigenvalue weighted by Gasteiger charge is -2.22. The second-order valence-electron chi connectivity index (χ2n) is 4.56. The van der Waals surface area contributed by atoms with Crippen molar-refractivity contribution >= 4 is 40.7 Å². The molecule has 1 fully saturated rings. The summed E-state index contributed by atoms with van der Waals surface area (Å²) in [6.07, 6.45) is 5.69. The molecule has 0 aliphatic heterocycles. The maximum Gasteiger partial charge on any atom is 0.251 e. The maximum atomic E-state index is 12.1. The Kier molecular flexibility index (Phi) is 4.77. The second kappa shape index (κ2) is 6.14. The highest BCUT2D eigenvalue weighted by Gasteiger charge is 2.18. The first-order chi connectivity index (χ1) is 8.58. The Hall–Kier alpha value is -0.440. The number of nitrogens with one attached hydrogen (secondary N) is 1. The minimum atomic E-state index is -0.137. The lowest BCUT2D eigenvalue weighted by molar-refractivity contribution is 0.0927. The van der Waals surface area contributed by atoms with Crippen molar-refractivity contribution in [2.24, 2.45) is 0 Å². The van der Waals surface area contributed by atoms with Gasteiger partial charge in [0.05, 0.1) is 15.1 Å². The van der Waals surface area contributed by atoms with Gasteiger partial charge in [-0.05, 0) is 25.0 Å². The Labute approximate surface area is 122 Å². The number of rotatable bonds is 2. The first-order valence-electron chi connectivity index (χ1n) is 6.03. The molecule has 1 aromatic rings. The van der Waals surface area contributed by atoms with Gasteiger partial charge in [-0.1, -0.05) is 54.1 Å². The average Bonchev–Trinajstić information content (AvgIpc) is 2.36. The van der Waals surface area contributed by atoms with E-state index in [1.54, 1.807) is 12.1 Å². The number of halogens is 3. The summed E-state index contributed by atoms with van der Waals surface area (Å²) in [5.41, 5.74) is 0.458. The summed E-state index contributed by atoms with van der Waals surface area (Å²) in [7, 11) is 0.